The van der Waals surface area contributed by atoms with Gasteiger partial charge in [-0.15, -0.1) is 0 Å². The molecule has 2 heterocycles. The first-order valence-electron chi connectivity index (χ1n) is 4.86. The summed E-state index contributed by atoms with van der Waals surface area (Å²) in [4.78, 5) is 0. The molecule has 2 rings (SSSR count). The van der Waals surface area contributed by atoms with Gasteiger partial charge in [0.25, 0.3) is 0 Å². The van der Waals surface area contributed by atoms with Gasteiger partial charge >= 0.3 is 0 Å². The second-order valence-electron chi connectivity index (χ2n) is 3.37. The van der Waals surface area contributed by atoms with E-state index >= 15 is 0 Å². The van der Waals surface area contributed by atoms with E-state index in [0.717, 1.165) is 6.54 Å². The van der Waals surface area contributed by atoms with Crippen molar-refractivity contribution >= 4 is 5.52 Å². The highest BCUT2D eigenvalue weighted by Crippen LogP contribution is 1.99. The van der Waals surface area contributed by atoms with Gasteiger partial charge in [-0.2, -0.15) is 0 Å². The summed E-state index contributed by atoms with van der Waals surface area (Å²) in [5.74, 6) is 0. The van der Waals surface area contributed by atoms with E-state index in [-0.39, 0.29) is 0 Å². The Balaban J connectivity index is 2.28. The predicted molar refractivity (Wildman–Crippen MR) is 52.5 cm³/mol. The first-order valence-corrected chi connectivity index (χ1v) is 4.86. The molecule has 2 nitrogen and oxygen atoms in total. The lowest BCUT2D eigenvalue weighted by Gasteiger charge is -1.90. The van der Waals surface area contributed by atoms with E-state index in [9.17, 15) is 0 Å². The van der Waals surface area contributed by atoms with Crippen LogP contribution in [0.5, 0.6) is 0 Å². The zero-order chi connectivity index (χ0) is 9.10. The van der Waals surface area contributed by atoms with Gasteiger partial charge in [0.2, 0.25) is 6.33 Å². The van der Waals surface area contributed by atoms with Crippen molar-refractivity contribution in [3.63, 3.8) is 0 Å². The number of unbranched alkanes of at least 4 members (excludes halogenated alkanes) is 1. The van der Waals surface area contributed by atoms with Crippen LogP contribution in [0, 0.1) is 0 Å². The second-order valence-corrected chi connectivity index (χ2v) is 3.37. The van der Waals surface area contributed by atoms with Gasteiger partial charge in [0.1, 0.15) is 6.20 Å². The number of aromatic nitrogens is 2. The Morgan fingerprint density at radius 1 is 1.38 bits per heavy atom. The van der Waals surface area contributed by atoms with Crippen molar-refractivity contribution in [2.75, 3.05) is 0 Å². The fourth-order valence-electron chi connectivity index (χ4n) is 1.51. The van der Waals surface area contributed by atoms with E-state index in [2.05, 4.69) is 52.8 Å². The first-order chi connectivity index (χ1) is 6.40. The molecule has 0 atom stereocenters. The van der Waals surface area contributed by atoms with E-state index < -0.39 is 0 Å². The van der Waals surface area contributed by atoms with Crippen molar-refractivity contribution in [1.82, 2.24) is 4.40 Å². The summed E-state index contributed by atoms with van der Waals surface area (Å²) in [5.41, 5.74) is 1.26. The zero-order valence-electron chi connectivity index (χ0n) is 7.98. The molecule has 2 aromatic heterocycles. The number of hydrogen-bond donors (Lipinski definition) is 0. The number of hydrogen-bond acceptors (Lipinski definition) is 0. The zero-order valence-corrected chi connectivity index (χ0v) is 7.98. The fourth-order valence-corrected chi connectivity index (χ4v) is 1.51. The number of rotatable bonds is 3. The number of fused-ring (bicyclic) bond motifs is 1. The minimum Gasteiger partial charge on any atom is -0.236 e. The summed E-state index contributed by atoms with van der Waals surface area (Å²) >= 11 is 0. The second kappa shape index (κ2) is 3.60. The average Bonchev–Trinajstić information content (AvgIpc) is 2.57. The van der Waals surface area contributed by atoms with Gasteiger partial charge in [0, 0.05) is 0 Å². The van der Waals surface area contributed by atoms with Crippen molar-refractivity contribution in [2.45, 2.75) is 26.3 Å². The van der Waals surface area contributed by atoms with Gasteiger partial charge in [0.15, 0.2) is 5.52 Å². The summed E-state index contributed by atoms with van der Waals surface area (Å²) < 4.78 is 4.40. The van der Waals surface area contributed by atoms with E-state index in [4.69, 9.17) is 0 Å². The molecule has 0 N–H and O–H groups in total. The quantitative estimate of drug-likeness (QED) is 0.631. The Hall–Kier alpha value is -1.31. The van der Waals surface area contributed by atoms with Crippen LogP contribution in [-0.4, -0.2) is 4.40 Å². The van der Waals surface area contributed by atoms with Gasteiger partial charge in [-0.3, -0.25) is 0 Å². The number of imidazole rings is 1. The highest BCUT2D eigenvalue weighted by Gasteiger charge is 2.03. The Labute approximate surface area is 78.4 Å². The lowest BCUT2D eigenvalue weighted by Crippen LogP contribution is -2.30. The highest BCUT2D eigenvalue weighted by atomic mass is 15.1. The van der Waals surface area contributed by atoms with E-state index in [1.165, 1.54) is 18.4 Å². The predicted octanol–water partition coefficient (Wildman–Crippen LogP) is 2.03. The monoisotopic (exact) mass is 175 g/mol. The molecule has 0 radical (unpaired) electrons. The molecule has 2 aromatic rings. The maximum atomic E-state index is 2.25. The third-order valence-corrected chi connectivity index (χ3v) is 2.26. The van der Waals surface area contributed by atoms with Crippen LogP contribution in [0.2, 0.25) is 0 Å². The SMILES string of the molecule is CCCC[n+]1cc2ccccn2c1. The van der Waals surface area contributed by atoms with Gasteiger partial charge < -0.3 is 0 Å². The van der Waals surface area contributed by atoms with Crippen molar-refractivity contribution < 1.29 is 4.57 Å². The first kappa shape index (κ1) is 8.30. The Morgan fingerprint density at radius 2 is 2.31 bits per heavy atom. The van der Waals surface area contributed by atoms with Crippen LogP contribution in [0.15, 0.2) is 36.9 Å². The fraction of sp³-hybridized carbons (Fsp3) is 0.364. The van der Waals surface area contributed by atoms with Crippen LogP contribution in [0.3, 0.4) is 0 Å². The Kier molecular flexibility index (Phi) is 2.30. The molecule has 13 heavy (non-hydrogen) atoms. The normalized spacial score (nSPS) is 10.8. The molecule has 2 heteroatoms. The van der Waals surface area contributed by atoms with Crippen molar-refractivity contribution in [2.24, 2.45) is 0 Å². The van der Waals surface area contributed by atoms with Crippen LogP contribution in [-0.2, 0) is 6.54 Å². The topological polar surface area (TPSA) is 8.29 Å². The molecule has 0 fully saturated rings. The van der Waals surface area contributed by atoms with Crippen molar-refractivity contribution in [3.8, 4) is 0 Å². The maximum absolute atomic E-state index is 2.25. The molecule has 0 spiro atoms. The Morgan fingerprint density at radius 3 is 3.08 bits per heavy atom. The number of aryl methyl sites for hydroxylation is 1. The molecule has 0 bridgehead atoms. The van der Waals surface area contributed by atoms with Crippen LogP contribution in [0.4, 0.5) is 0 Å². The summed E-state index contributed by atoms with van der Waals surface area (Å²) in [6.07, 6.45) is 8.92. The maximum Gasteiger partial charge on any atom is 0.248 e. The molecule has 0 unspecified atom stereocenters. The minimum atomic E-state index is 1.12. The molecule has 0 aliphatic rings. The van der Waals surface area contributed by atoms with E-state index in [1.807, 2.05) is 0 Å². The van der Waals surface area contributed by atoms with Gasteiger partial charge in [-0.25, -0.2) is 8.97 Å². The third kappa shape index (κ3) is 1.72. The van der Waals surface area contributed by atoms with Crippen LogP contribution >= 0.6 is 0 Å². The molecule has 0 amide bonds. The lowest BCUT2D eigenvalue weighted by atomic mass is 10.3. The summed E-state index contributed by atoms with van der Waals surface area (Å²) in [7, 11) is 0. The molecule has 68 valence electrons. The molecular weight excluding hydrogens is 160 g/mol. The summed E-state index contributed by atoms with van der Waals surface area (Å²) in [5, 5.41) is 0. The number of nitrogens with zero attached hydrogens (tertiary/aromatic N) is 2. The third-order valence-electron chi connectivity index (χ3n) is 2.26. The molecular formula is C11H15N2+. The van der Waals surface area contributed by atoms with Gasteiger partial charge in [-0.1, -0.05) is 19.4 Å². The molecule has 0 saturated heterocycles. The molecule has 0 aliphatic carbocycles. The smallest absolute Gasteiger partial charge is 0.236 e. The van der Waals surface area contributed by atoms with Crippen LogP contribution in [0.25, 0.3) is 5.52 Å². The van der Waals surface area contributed by atoms with Crippen molar-refractivity contribution in [3.05, 3.63) is 36.9 Å². The van der Waals surface area contributed by atoms with Crippen LogP contribution in [0.1, 0.15) is 19.8 Å². The Bertz CT molecular complexity index is 357. The summed E-state index contributed by atoms with van der Waals surface area (Å²) in [6.45, 7) is 3.34. The van der Waals surface area contributed by atoms with Crippen LogP contribution < -0.4 is 4.57 Å². The van der Waals surface area contributed by atoms with E-state index in [1.54, 1.807) is 0 Å². The van der Waals surface area contributed by atoms with Crippen molar-refractivity contribution in [1.29, 1.82) is 0 Å². The highest BCUT2D eigenvalue weighted by molar-refractivity contribution is 5.41. The average molecular weight is 175 g/mol. The number of pyridine rings is 1. The lowest BCUT2D eigenvalue weighted by molar-refractivity contribution is -0.695. The van der Waals surface area contributed by atoms with Gasteiger partial charge in [-0.05, 0) is 18.6 Å². The standard InChI is InChI=1S/C11H15N2/c1-2-3-7-12-9-11-6-4-5-8-13(11)10-12/h4-6,8-10H,2-3,7H2,1H3/q+1. The van der Waals surface area contributed by atoms with E-state index in [0.29, 0.717) is 0 Å². The molecule has 0 aromatic carbocycles. The minimum absolute atomic E-state index is 1.12. The molecule has 0 aliphatic heterocycles. The van der Waals surface area contributed by atoms with Gasteiger partial charge in [0.05, 0.1) is 12.7 Å². The molecule has 0 saturated carbocycles. The largest absolute Gasteiger partial charge is 0.248 e. The summed E-state index contributed by atoms with van der Waals surface area (Å²) in [6, 6.07) is 6.25.